The summed E-state index contributed by atoms with van der Waals surface area (Å²) < 4.78 is 21.9. The Morgan fingerprint density at radius 3 is 2.71 bits per heavy atom. The number of amides is 1. The topological polar surface area (TPSA) is 125 Å². The lowest BCUT2D eigenvalue weighted by Gasteiger charge is -2.36. The molecule has 2 atom stereocenters. The van der Waals surface area contributed by atoms with Gasteiger partial charge in [0.15, 0.2) is 5.60 Å². The summed E-state index contributed by atoms with van der Waals surface area (Å²) in [7, 11) is 3.51. The third-order valence-electron chi connectivity index (χ3n) is 9.10. The van der Waals surface area contributed by atoms with Crippen LogP contribution in [0.3, 0.4) is 0 Å². The van der Waals surface area contributed by atoms with Gasteiger partial charge in [-0.3, -0.25) is 14.5 Å². The summed E-state index contributed by atoms with van der Waals surface area (Å²) in [4.78, 5) is 48.0. The molecule has 2 aliphatic heterocycles. The first-order valence-corrected chi connectivity index (χ1v) is 13.9. The first-order chi connectivity index (χ1) is 19.5. The van der Waals surface area contributed by atoms with Gasteiger partial charge in [0.05, 0.1) is 48.2 Å². The minimum Gasteiger partial charge on any atom is -0.458 e. The summed E-state index contributed by atoms with van der Waals surface area (Å²) in [5.41, 5.74) is 2.45. The highest BCUT2D eigenvalue weighted by Crippen LogP contribution is 2.47. The lowest BCUT2D eigenvalue weighted by molar-refractivity contribution is -0.172. The Morgan fingerprint density at radius 1 is 1.24 bits per heavy atom. The zero-order chi connectivity index (χ0) is 29.4. The van der Waals surface area contributed by atoms with Crippen molar-refractivity contribution < 1.29 is 28.9 Å². The minimum atomic E-state index is -1.96. The molecule has 0 saturated heterocycles. The van der Waals surface area contributed by atoms with Crippen molar-refractivity contribution >= 4 is 22.8 Å². The highest BCUT2D eigenvalue weighted by molar-refractivity contribution is 5.94. The van der Waals surface area contributed by atoms with E-state index in [0.717, 1.165) is 22.1 Å². The van der Waals surface area contributed by atoms with E-state index in [2.05, 4.69) is 0 Å². The maximum absolute atomic E-state index is 15.1. The number of aliphatic hydroxyl groups is 2. The van der Waals surface area contributed by atoms with Crippen LogP contribution in [0.15, 0.2) is 16.9 Å². The fourth-order valence-corrected chi connectivity index (χ4v) is 6.68. The van der Waals surface area contributed by atoms with E-state index in [-0.39, 0.29) is 67.2 Å². The van der Waals surface area contributed by atoms with Crippen LogP contribution in [0.2, 0.25) is 0 Å². The van der Waals surface area contributed by atoms with Crippen LogP contribution in [0, 0.1) is 12.7 Å². The predicted octanol–water partition coefficient (Wildman–Crippen LogP) is 1.90. The van der Waals surface area contributed by atoms with Crippen LogP contribution in [-0.4, -0.2) is 75.2 Å². The average Bonchev–Trinajstić information content (AvgIpc) is 3.32. The summed E-state index contributed by atoms with van der Waals surface area (Å²) in [5, 5.41) is 21.3. The van der Waals surface area contributed by atoms with E-state index in [4.69, 9.17) is 9.72 Å². The molecule has 11 heteroatoms. The summed E-state index contributed by atoms with van der Waals surface area (Å²) in [6.07, 6.45) is 1.15. The smallest absolute Gasteiger partial charge is 0.343 e. The van der Waals surface area contributed by atoms with E-state index in [1.165, 1.54) is 6.07 Å². The Labute approximate surface area is 236 Å². The quantitative estimate of drug-likeness (QED) is 0.340. The zero-order valence-electron chi connectivity index (χ0n) is 23.6. The van der Waals surface area contributed by atoms with Gasteiger partial charge < -0.3 is 24.4 Å². The average molecular weight is 565 g/mol. The number of likely N-dealkylation sites (N-methyl/N-ethyl adjacent to an activating group) is 2. The van der Waals surface area contributed by atoms with E-state index >= 15 is 4.39 Å². The molecule has 4 heterocycles. The number of carbonyl (C=O) groups is 2. The van der Waals surface area contributed by atoms with Crippen LogP contribution in [-0.2, 0) is 39.5 Å². The molecule has 0 fully saturated rings. The van der Waals surface area contributed by atoms with E-state index in [0.29, 0.717) is 41.9 Å². The highest BCUT2D eigenvalue weighted by atomic mass is 19.1. The van der Waals surface area contributed by atoms with Crippen LogP contribution >= 0.6 is 0 Å². The SMILES string of the molecule is CC[C@@]1(O)C(=O)OCc2c1cc1n(c2=O)Cc2c-1nc1cc(F)c(C)c3c1c2[C@@H](N(C)C(=O)CN(C)CCO)CC3. The normalized spacial score (nSPS) is 20.6. The maximum atomic E-state index is 15.1. The molecule has 0 spiro atoms. The Morgan fingerprint density at radius 2 is 2.00 bits per heavy atom. The Hall–Kier alpha value is -3.67. The number of aryl methyl sites for hydroxylation is 1. The van der Waals surface area contributed by atoms with Gasteiger partial charge in [-0.15, -0.1) is 0 Å². The molecular weight excluding hydrogens is 531 g/mol. The molecule has 0 radical (unpaired) electrons. The van der Waals surface area contributed by atoms with Crippen molar-refractivity contribution in [2.45, 2.75) is 57.9 Å². The standard InChI is InChI=1S/C30H33FN4O6/c1-5-30(40)19-10-23-27-17(12-35(23)28(38)18(19)14-41-29(30)39)26-22(34(4)24(37)13-33(3)8-9-36)7-6-16-15(2)20(31)11-21(32-27)25(16)26/h10-11,22,36,40H,5-9,12-14H2,1-4H3/t22-,30-/m0/s1. The van der Waals surface area contributed by atoms with Gasteiger partial charge in [-0.25, -0.2) is 14.2 Å². The van der Waals surface area contributed by atoms with Gasteiger partial charge >= 0.3 is 5.97 Å². The van der Waals surface area contributed by atoms with Crippen molar-refractivity contribution in [3.05, 3.63) is 61.7 Å². The number of pyridine rings is 2. The van der Waals surface area contributed by atoms with Crippen molar-refractivity contribution in [3.8, 4) is 11.4 Å². The molecule has 0 bridgehead atoms. The number of hydrogen-bond donors (Lipinski definition) is 2. The van der Waals surface area contributed by atoms with Crippen molar-refractivity contribution in [1.82, 2.24) is 19.4 Å². The van der Waals surface area contributed by atoms with Gasteiger partial charge in [-0.05, 0) is 56.0 Å². The van der Waals surface area contributed by atoms with Crippen molar-refractivity contribution in [1.29, 1.82) is 0 Å². The molecule has 3 aromatic rings. The number of esters is 1. The number of ether oxygens (including phenoxy) is 1. The van der Waals surface area contributed by atoms with Crippen molar-refractivity contribution in [3.63, 3.8) is 0 Å². The molecule has 41 heavy (non-hydrogen) atoms. The molecule has 216 valence electrons. The molecule has 1 aromatic carbocycles. The van der Waals surface area contributed by atoms with Gasteiger partial charge in [-0.1, -0.05) is 6.92 Å². The number of carbonyl (C=O) groups excluding carboxylic acids is 2. The molecule has 1 aliphatic carbocycles. The number of aliphatic hydroxyl groups excluding tert-OH is 1. The van der Waals surface area contributed by atoms with Gasteiger partial charge in [-0.2, -0.15) is 0 Å². The number of nitrogens with zero attached hydrogens (tertiary/aromatic N) is 4. The number of fused-ring (bicyclic) bond motifs is 5. The number of hydrogen-bond acceptors (Lipinski definition) is 8. The number of benzene rings is 1. The summed E-state index contributed by atoms with van der Waals surface area (Å²) in [6, 6.07) is 2.69. The number of cyclic esters (lactones) is 1. The van der Waals surface area contributed by atoms with Gasteiger partial charge in [0, 0.05) is 36.2 Å². The van der Waals surface area contributed by atoms with Crippen LogP contribution in [0.25, 0.3) is 22.3 Å². The fraction of sp³-hybridized carbons (Fsp3) is 0.467. The molecule has 10 nitrogen and oxygen atoms in total. The van der Waals surface area contributed by atoms with Crippen LogP contribution in [0.5, 0.6) is 0 Å². The molecule has 2 N–H and O–H groups in total. The first-order valence-electron chi connectivity index (χ1n) is 13.9. The number of aromatic nitrogens is 2. The van der Waals surface area contributed by atoms with Gasteiger partial charge in [0.25, 0.3) is 5.56 Å². The summed E-state index contributed by atoms with van der Waals surface area (Å²) >= 11 is 0. The molecule has 0 saturated carbocycles. The van der Waals surface area contributed by atoms with E-state index < -0.39 is 11.6 Å². The molecule has 2 aromatic heterocycles. The Kier molecular flexibility index (Phi) is 6.51. The lowest BCUT2D eigenvalue weighted by atomic mass is 9.81. The minimum absolute atomic E-state index is 0.0263. The van der Waals surface area contributed by atoms with Crippen molar-refractivity contribution in [2.75, 3.05) is 33.8 Å². The highest BCUT2D eigenvalue weighted by Gasteiger charge is 2.46. The first kappa shape index (κ1) is 27.5. The molecule has 0 unspecified atom stereocenters. The monoisotopic (exact) mass is 564 g/mol. The van der Waals surface area contributed by atoms with E-state index in [9.17, 15) is 24.6 Å². The van der Waals surface area contributed by atoms with E-state index in [1.807, 2.05) is 0 Å². The van der Waals surface area contributed by atoms with Crippen molar-refractivity contribution in [2.24, 2.45) is 0 Å². The van der Waals surface area contributed by atoms with Crippen LogP contribution in [0.1, 0.15) is 59.2 Å². The third-order valence-corrected chi connectivity index (χ3v) is 9.10. The summed E-state index contributed by atoms with van der Waals surface area (Å²) in [5.74, 6) is -1.30. The molecule has 6 rings (SSSR count). The molecule has 1 amide bonds. The third kappa shape index (κ3) is 3.93. The van der Waals surface area contributed by atoms with Gasteiger partial charge in [0.2, 0.25) is 5.91 Å². The second-order valence-corrected chi connectivity index (χ2v) is 11.3. The molecular formula is C30H33FN4O6. The Bertz CT molecular complexity index is 1700. The molecule has 3 aliphatic rings. The number of rotatable bonds is 6. The second-order valence-electron chi connectivity index (χ2n) is 11.3. The Balaban J connectivity index is 1.58. The second kappa shape index (κ2) is 9.71. The largest absolute Gasteiger partial charge is 0.458 e. The number of halogens is 1. The van der Waals surface area contributed by atoms with Crippen LogP contribution < -0.4 is 5.56 Å². The summed E-state index contributed by atoms with van der Waals surface area (Å²) in [6.45, 7) is 3.77. The van der Waals surface area contributed by atoms with E-state index in [1.54, 1.807) is 48.4 Å². The predicted molar refractivity (Wildman–Crippen MR) is 148 cm³/mol. The fourth-order valence-electron chi connectivity index (χ4n) is 6.68. The maximum Gasteiger partial charge on any atom is 0.343 e. The lowest BCUT2D eigenvalue weighted by Crippen LogP contribution is -2.44. The van der Waals surface area contributed by atoms with Crippen LogP contribution in [0.4, 0.5) is 4.39 Å². The zero-order valence-corrected chi connectivity index (χ0v) is 23.6. The van der Waals surface area contributed by atoms with Gasteiger partial charge in [0.1, 0.15) is 12.4 Å².